The molecule has 2 aromatic rings. The maximum atomic E-state index is 12.2. The molecule has 21 heavy (non-hydrogen) atoms. The molecule has 6 nitrogen and oxygen atoms in total. The third-order valence-corrected chi connectivity index (χ3v) is 3.49. The Kier molecular flexibility index (Phi) is 3.62. The number of ether oxygens (including phenoxy) is 3. The molecule has 0 fully saturated rings. The van der Waals surface area contributed by atoms with Crippen molar-refractivity contribution in [3.63, 3.8) is 0 Å². The summed E-state index contributed by atoms with van der Waals surface area (Å²) in [6, 6.07) is 5.38. The van der Waals surface area contributed by atoms with Crippen LogP contribution in [0.1, 0.15) is 11.3 Å². The lowest BCUT2D eigenvalue weighted by molar-refractivity contribution is 0.108. The van der Waals surface area contributed by atoms with Crippen LogP contribution in [0.3, 0.4) is 0 Å². The number of methoxy groups -OCH3 is 2. The minimum atomic E-state index is -0.167. The molecule has 1 N–H and O–H groups in total. The van der Waals surface area contributed by atoms with Gasteiger partial charge >= 0.3 is 0 Å². The molecule has 1 aromatic carbocycles. The third-order valence-electron chi connectivity index (χ3n) is 3.49. The first kappa shape index (κ1) is 13.6. The van der Waals surface area contributed by atoms with Gasteiger partial charge in [-0.05, 0) is 18.2 Å². The number of nitrogens with one attached hydrogen (secondary N) is 1. The van der Waals surface area contributed by atoms with E-state index in [0.717, 1.165) is 5.69 Å². The van der Waals surface area contributed by atoms with Crippen molar-refractivity contribution >= 4 is 0 Å². The summed E-state index contributed by atoms with van der Waals surface area (Å²) < 4.78 is 15.9. The molecule has 0 atom stereocenters. The van der Waals surface area contributed by atoms with Crippen LogP contribution in [0, 0.1) is 0 Å². The van der Waals surface area contributed by atoms with Gasteiger partial charge in [0.25, 0.3) is 5.56 Å². The van der Waals surface area contributed by atoms with E-state index in [2.05, 4.69) is 9.97 Å². The zero-order chi connectivity index (χ0) is 14.8. The molecular formula is C15H16N2O4. The Bertz CT molecular complexity index is 724. The molecular weight excluding hydrogens is 272 g/mol. The number of nitrogens with zero attached hydrogens (tertiary/aromatic N) is 1. The Balaban J connectivity index is 2.16. The summed E-state index contributed by atoms with van der Waals surface area (Å²) >= 11 is 0. The molecule has 110 valence electrons. The number of hydrogen-bond acceptors (Lipinski definition) is 5. The van der Waals surface area contributed by atoms with Gasteiger partial charge in [0, 0.05) is 6.42 Å². The van der Waals surface area contributed by atoms with E-state index in [1.165, 1.54) is 0 Å². The Morgan fingerprint density at radius 2 is 2.14 bits per heavy atom. The van der Waals surface area contributed by atoms with E-state index < -0.39 is 0 Å². The van der Waals surface area contributed by atoms with E-state index in [1.54, 1.807) is 32.4 Å². The molecule has 0 amide bonds. The Hall–Kier alpha value is -2.34. The number of fused-ring (bicyclic) bond motifs is 1. The lowest BCUT2D eigenvalue weighted by Gasteiger charge is -2.16. The summed E-state index contributed by atoms with van der Waals surface area (Å²) in [5.41, 5.74) is 1.92. The molecule has 6 heteroatoms. The highest BCUT2D eigenvalue weighted by Gasteiger charge is 2.18. The van der Waals surface area contributed by atoms with Crippen molar-refractivity contribution < 1.29 is 14.2 Å². The molecule has 0 unspecified atom stereocenters. The van der Waals surface area contributed by atoms with Gasteiger partial charge in [-0.1, -0.05) is 0 Å². The molecule has 1 aliphatic rings. The van der Waals surface area contributed by atoms with Gasteiger partial charge in [-0.3, -0.25) is 4.79 Å². The number of aromatic nitrogens is 2. The highest BCUT2D eigenvalue weighted by molar-refractivity contribution is 5.66. The Morgan fingerprint density at radius 3 is 2.90 bits per heavy atom. The standard InChI is InChI=1S/C15H16N2O4/c1-19-9-3-4-13(20-2)10(7-9)14-16-12-5-6-21-8-11(12)15(18)17-14/h3-4,7H,5-6,8H2,1-2H3,(H,16,17,18). The molecule has 0 spiro atoms. The van der Waals surface area contributed by atoms with Crippen molar-refractivity contribution in [3.05, 3.63) is 39.8 Å². The molecule has 0 radical (unpaired) electrons. The number of benzene rings is 1. The highest BCUT2D eigenvalue weighted by Crippen LogP contribution is 2.31. The lowest BCUT2D eigenvalue weighted by atomic mass is 10.1. The van der Waals surface area contributed by atoms with Crippen molar-refractivity contribution in [1.29, 1.82) is 0 Å². The van der Waals surface area contributed by atoms with Crippen LogP contribution in [0.25, 0.3) is 11.4 Å². The second-order valence-corrected chi connectivity index (χ2v) is 4.71. The van der Waals surface area contributed by atoms with E-state index in [0.29, 0.717) is 48.1 Å². The summed E-state index contributed by atoms with van der Waals surface area (Å²) in [4.78, 5) is 19.5. The van der Waals surface area contributed by atoms with Gasteiger partial charge in [0.15, 0.2) is 0 Å². The topological polar surface area (TPSA) is 73.4 Å². The van der Waals surface area contributed by atoms with E-state index in [9.17, 15) is 4.79 Å². The van der Waals surface area contributed by atoms with Crippen LogP contribution in [0.2, 0.25) is 0 Å². The first-order chi connectivity index (χ1) is 10.2. The van der Waals surface area contributed by atoms with E-state index >= 15 is 0 Å². The van der Waals surface area contributed by atoms with Crippen LogP contribution < -0.4 is 15.0 Å². The lowest BCUT2D eigenvalue weighted by Crippen LogP contribution is -2.24. The SMILES string of the molecule is COc1ccc(OC)c(-c2nc3c(c(=O)[nH]2)COCC3)c1. The molecule has 3 rings (SSSR count). The molecule has 1 aromatic heterocycles. The van der Waals surface area contributed by atoms with Crippen LogP contribution in [0.15, 0.2) is 23.0 Å². The van der Waals surface area contributed by atoms with Crippen LogP contribution in [-0.4, -0.2) is 30.8 Å². The zero-order valence-electron chi connectivity index (χ0n) is 11.9. The van der Waals surface area contributed by atoms with Gasteiger partial charge in [-0.25, -0.2) is 4.98 Å². The van der Waals surface area contributed by atoms with E-state index in [-0.39, 0.29) is 5.56 Å². The quantitative estimate of drug-likeness (QED) is 0.927. The molecule has 0 saturated heterocycles. The Morgan fingerprint density at radius 1 is 1.29 bits per heavy atom. The fourth-order valence-corrected chi connectivity index (χ4v) is 2.37. The summed E-state index contributed by atoms with van der Waals surface area (Å²) in [7, 11) is 3.17. The predicted molar refractivity (Wildman–Crippen MR) is 76.8 cm³/mol. The first-order valence-corrected chi connectivity index (χ1v) is 6.65. The normalized spacial score (nSPS) is 13.6. The first-order valence-electron chi connectivity index (χ1n) is 6.65. The second kappa shape index (κ2) is 5.57. The predicted octanol–water partition coefficient (Wildman–Crippen LogP) is 1.53. The van der Waals surface area contributed by atoms with Crippen LogP contribution in [0.5, 0.6) is 11.5 Å². The van der Waals surface area contributed by atoms with Gasteiger partial charge in [0.1, 0.15) is 17.3 Å². The number of rotatable bonds is 3. The van der Waals surface area contributed by atoms with E-state index in [1.807, 2.05) is 0 Å². The summed E-state index contributed by atoms with van der Waals surface area (Å²) in [6.07, 6.45) is 0.637. The Labute approximate surface area is 121 Å². The van der Waals surface area contributed by atoms with Crippen molar-refractivity contribution in [2.45, 2.75) is 13.0 Å². The average molecular weight is 288 g/mol. The van der Waals surface area contributed by atoms with Gasteiger partial charge in [-0.15, -0.1) is 0 Å². The minimum Gasteiger partial charge on any atom is -0.497 e. The van der Waals surface area contributed by atoms with Crippen molar-refractivity contribution in [3.8, 4) is 22.9 Å². The summed E-state index contributed by atoms with van der Waals surface area (Å²) in [6.45, 7) is 0.894. The summed E-state index contributed by atoms with van der Waals surface area (Å²) in [5, 5.41) is 0. The number of aromatic amines is 1. The third kappa shape index (κ3) is 2.50. The second-order valence-electron chi connectivity index (χ2n) is 4.71. The van der Waals surface area contributed by atoms with Crippen molar-refractivity contribution in [1.82, 2.24) is 9.97 Å². The molecule has 2 heterocycles. The van der Waals surface area contributed by atoms with E-state index in [4.69, 9.17) is 14.2 Å². The molecule has 1 aliphatic heterocycles. The molecule has 0 aliphatic carbocycles. The van der Waals surface area contributed by atoms with Gasteiger partial charge in [0.05, 0.1) is 44.3 Å². The highest BCUT2D eigenvalue weighted by atomic mass is 16.5. The largest absolute Gasteiger partial charge is 0.497 e. The fourth-order valence-electron chi connectivity index (χ4n) is 2.37. The van der Waals surface area contributed by atoms with Gasteiger partial charge in [-0.2, -0.15) is 0 Å². The molecule has 0 bridgehead atoms. The van der Waals surface area contributed by atoms with Crippen LogP contribution >= 0.6 is 0 Å². The zero-order valence-corrected chi connectivity index (χ0v) is 11.9. The maximum Gasteiger partial charge on any atom is 0.256 e. The molecule has 0 saturated carbocycles. The monoisotopic (exact) mass is 288 g/mol. The van der Waals surface area contributed by atoms with Crippen LogP contribution in [0.4, 0.5) is 0 Å². The maximum absolute atomic E-state index is 12.2. The summed E-state index contributed by atoms with van der Waals surface area (Å²) in [5.74, 6) is 1.79. The van der Waals surface area contributed by atoms with Gasteiger partial charge in [0.2, 0.25) is 0 Å². The smallest absolute Gasteiger partial charge is 0.256 e. The van der Waals surface area contributed by atoms with Crippen LogP contribution in [-0.2, 0) is 17.8 Å². The fraction of sp³-hybridized carbons (Fsp3) is 0.333. The number of hydrogen-bond donors (Lipinski definition) is 1. The minimum absolute atomic E-state index is 0.167. The average Bonchev–Trinajstić information content (AvgIpc) is 2.54. The number of H-pyrrole nitrogens is 1. The van der Waals surface area contributed by atoms with Gasteiger partial charge < -0.3 is 19.2 Å². The van der Waals surface area contributed by atoms with Crippen molar-refractivity contribution in [2.24, 2.45) is 0 Å². The van der Waals surface area contributed by atoms with Crippen molar-refractivity contribution in [2.75, 3.05) is 20.8 Å².